The van der Waals surface area contributed by atoms with Crippen molar-refractivity contribution in [2.45, 2.75) is 24.3 Å². The van der Waals surface area contributed by atoms with E-state index in [1.54, 1.807) is 11.8 Å². The molecule has 2 heterocycles. The molecule has 0 aromatic heterocycles. The molecule has 14 heavy (non-hydrogen) atoms. The standard InChI is InChI=1S/C9H15NO3S/c11-9(12)7-5-14-8(10-7)6-1-3-13-4-2-6/h6-8,10H,1-5H2,(H,11,12)/t7-,8?/m1/s1. The summed E-state index contributed by atoms with van der Waals surface area (Å²) in [6, 6.07) is -0.354. The first-order chi connectivity index (χ1) is 6.77. The highest BCUT2D eigenvalue weighted by molar-refractivity contribution is 8.00. The maximum Gasteiger partial charge on any atom is 0.321 e. The molecule has 2 N–H and O–H groups in total. The summed E-state index contributed by atoms with van der Waals surface area (Å²) in [6.07, 6.45) is 2.11. The van der Waals surface area contributed by atoms with Crippen molar-refractivity contribution in [3.8, 4) is 0 Å². The molecule has 5 heteroatoms. The van der Waals surface area contributed by atoms with Gasteiger partial charge < -0.3 is 9.84 Å². The largest absolute Gasteiger partial charge is 0.480 e. The smallest absolute Gasteiger partial charge is 0.321 e. The number of carboxylic acid groups (broad SMARTS) is 1. The second-order valence-electron chi connectivity index (χ2n) is 3.76. The number of hydrogen-bond acceptors (Lipinski definition) is 4. The zero-order valence-electron chi connectivity index (χ0n) is 7.94. The normalized spacial score (nSPS) is 34.6. The fourth-order valence-corrected chi connectivity index (χ4v) is 3.37. The van der Waals surface area contributed by atoms with Gasteiger partial charge >= 0.3 is 5.97 Å². The van der Waals surface area contributed by atoms with Crippen LogP contribution in [0, 0.1) is 5.92 Å². The van der Waals surface area contributed by atoms with E-state index in [9.17, 15) is 4.79 Å². The lowest BCUT2D eigenvalue weighted by Gasteiger charge is -2.27. The number of nitrogens with one attached hydrogen (secondary N) is 1. The molecule has 0 saturated carbocycles. The van der Waals surface area contributed by atoms with Gasteiger partial charge in [-0.05, 0) is 18.8 Å². The first kappa shape index (κ1) is 10.3. The van der Waals surface area contributed by atoms with Crippen molar-refractivity contribution in [1.82, 2.24) is 5.32 Å². The van der Waals surface area contributed by atoms with Crippen LogP contribution < -0.4 is 5.32 Å². The van der Waals surface area contributed by atoms with Crippen molar-refractivity contribution in [3.05, 3.63) is 0 Å². The number of hydrogen-bond donors (Lipinski definition) is 2. The van der Waals surface area contributed by atoms with Crippen molar-refractivity contribution in [2.24, 2.45) is 5.92 Å². The van der Waals surface area contributed by atoms with E-state index in [2.05, 4.69) is 5.32 Å². The molecule has 0 amide bonds. The number of rotatable bonds is 2. The quantitative estimate of drug-likeness (QED) is 0.706. The maximum absolute atomic E-state index is 10.7. The predicted octanol–water partition coefficient (Wildman–Crippen LogP) is 0.529. The van der Waals surface area contributed by atoms with E-state index in [0.29, 0.717) is 17.0 Å². The molecule has 2 aliphatic rings. The monoisotopic (exact) mass is 217 g/mol. The molecule has 2 atom stereocenters. The minimum atomic E-state index is -0.730. The van der Waals surface area contributed by atoms with Gasteiger partial charge in [-0.25, -0.2) is 0 Å². The Labute approximate surface area is 87.4 Å². The summed E-state index contributed by atoms with van der Waals surface area (Å²) in [4.78, 5) is 10.7. The molecular weight excluding hydrogens is 202 g/mol. The highest BCUT2D eigenvalue weighted by atomic mass is 32.2. The lowest BCUT2D eigenvalue weighted by molar-refractivity contribution is -0.138. The summed E-state index contributed by atoms with van der Waals surface area (Å²) < 4.78 is 5.28. The Hall–Kier alpha value is -0.260. The average Bonchev–Trinajstić information content (AvgIpc) is 2.68. The first-order valence-electron chi connectivity index (χ1n) is 4.95. The van der Waals surface area contributed by atoms with Gasteiger partial charge in [0.05, 0.1) is 5.37 Å². The Kier molecular flexibility index (Phi) is 3.30. The molecular formula is C9H15NO3S. The lowest BCUT2D eigenvalue weighted by atomic mass is 10.00. The molecule has 4 nitrogen and oxygen atoms in total. The van der Waals surface area contributed by atoms with Crippen molar-refractivity contribution >= 4 is 17.7 Å². The van der Waals surface area contributed by atoms with Gasteiger partial charge in [-0.2, -0.15) is 0 Å². The van der Waals surface area contributed by atoms with Crippen LogP contribution in [0.2, 0.25) is 0 Å². The second-order valence-corrected chi connectivity index (χ2v) is 4.94. The summed E-state index contributed by atoms with van der Waals surface area (Å²) in [5, 5.41) is 12.3. The van der Waals surface area contributed by atoms with Crippen LogP contribution in [0.15, 0.2) is 0 Å². The third-order valence-electron chi connectivity index (χ3n) is 2.80. The van der Waals surface area contributed by atoms with E-state index in [1.165, 1.54) is 0 Å². The van der Waals surface area contributed by atoms with Crippen LogP contribution in [0.5, 0.6) is 0 Å². The van der Waals surface area contributed by atoms with E-state index >= 15 is 0 Å². The van der Waals surface area contributed by atoms with Gasteiger partial charge in [0, 0.05) is 19.0 Å². The van der Waals surface area contributed by atoms with Crippen molar-refractivity contribution < 1.29 is 14.6 Å². The van der Waals surface area contributed by atoms with E-state index in [0.717, 1.165) is 26.1 Å². The van der Waals surface area contributed by atoms with Gasteiger partial charge in [0.15, 0.2) is 0 Å². The predicted molar refractivity (Wildman–Crippen MR) is 54.3 cm³/mol. The summed E-state index contributed by atoms with van der Waals surface area (Å²) >= 11 is 1.74. The van der Waals surface area contributed by atoms with Gasteiger partial charge in [-0.15, -0.1) is 11.8 Å². The third kappa shape index (κ3) is 2.21. The van der Waals surface area contributed by atoms with Gasteiger partial charge in [0.1, 0.15) is 6.04 Å². The number of ether oxygens (including phenoxy) is 1. The van der Waals surface area contributed by atoms with Crippen LogP contribution in [0.4, 0.5) is 0 Å². The van der Waals surface area contributed by atoms with Crippen LogP contribution in [0.1, 0.15) is 12.8 Å². The lowest BCUT2D eigenvalue weighted by Crippen LogP contribution is -2.40. The molecule has 0 aliphatic carbocycles. The Bertz CT molecular complexity index is 218. The minimum Gasteiger partial charge on any atom is -0.480 e. The van der Waals surface area contributed by atoms with Crippen LogP contribution in [0.25, 0.3) is 0 Å². The van der Waals surface area contributed by atoms with Gasteiger partial charge in [-0.1, -0.05) is 0 Å². The molecule has 0 bridgehead atoms. The number of thioether (sulfide) groups is 1. The van der Waals surface area contributed by atoms with Gasteiger partial charge in [-0.3, -0.25) is 10.1 Å². The van der Waals surface area contributed by atoms with Crippen LogP contribution in [-0.2, 0) is 9.53 Å². The van der Waals surface area contributed by atoms with Gasteiger partial charge in [0.2, 0.25) is 0 Å². The molecule has 0 aromatic rings. The fraction of sp³-hybridized carbons (Fsp3) is 0.889. The summed E-state index contributed by atoms with van der Waals surface area (Å²) in [5.74, 6) is 0.544. The Morgan fingerprint density at radius 1 is 1.43 bits per heavy atom. The van der Waals surface area contributed by atoms with E-state index in [4.69, 9.17) is 9.84 Å². The van der Waals surface area contributed by atoms with Crippen molar-refractivity contribution in [3.63, 3.8) is 0 Å². The minimum absolute atomic E-state index is 0.319. The van der Waals surface area contributed by atoms with Crippen molar-refractivity contribution in [2.75, 3.05) is 19.0 Å². The number of carboxylic acids is 1. The molecule has 80 valence electrons. The Balaban J connectivity index is 1.85. The van der Waals surface area contributed by atoms with Crippen LogP contribution >= 0.6 is 11.8 Å². The van der Waals surface area contributed by atoms with E-state index in [1.807, 2.05) is 0 Å². The summed E-state index contributed by atoms with van der Waals surface area (Å²) in [5.41, 5.74) is 0. The Morgan fingerprint density at radius 3 is 2.71 bits per heavy atom. The molecule has 2 saturated heterocycles. The third-order valence-corrected chi connectivity index (χ3v) is 4.21. The summed E-state index contributed by atoms with van der Waals surface area (Å²) in [6.45, 7) is 1.64. The molecule has 2 rings (SSSR count). The zero-order valence-corrected chi connectivity index (χ0v) is 8.76. The SMILES string of the molecule is O=C(O)[C@H]1CSC(C2CCOCC2)N1. The zero-order chi connectivity index (χ0) is 9.97. The number of aliphatic carboxylic acids is 1. The van der Waals surface area contributed by atoms with Crippen molar-refractivity contribution in [1.29, 1.82) is 0 Å². The Morgan fingerprint density at radius 2 is 2.14 bits per heavy atom. The molecule has 1 unspecified atom stereocenters. The molecule has 0 spiro atoms. The molecule has 0 aromatic carbocycles. The first-order valence-corrected chi connectivity index (χ1v) is 6.00. The molecule has 2 aliphatic heterocycles. The fourth-order valence-electron chi connectivity index (χ4n) is 1.93. The highest BCUT2D eigenvalue weighted by Crippen LogP contribution is 2.30. The topological polar surface area (TPSA) is 58.6 Å². The number of carbonyl (C=O) groups is 1. The summed E-state index contributed by atoms with van der Waals surface area (Å²) in [7, 11) is 0. The van der Waals surface area contributed by atoms with E-state index in [-0.39, 0.29) is 6.04 Å². The molecule has 0 radical (unpaired) electrons. The average molecular weight is 217 g/mol. The van der Waals surface area contributed by atoms with Gasteiger partial charge in [0.25, 0.3) is 0 Å². The van der Waals surface area contributed by atoms with Crippen LogP contribution in [-0.4, -0.2) is 41.5 Å². The second kappa shape index (κ2) is 4.51. The molecule has 2 fully saturated rings. The maximum atomic E-state index is 10.7. The van der Waals surface area contributed by atoms with Crippen LogP contribution in [0.3, 0.4) is 0 Å². The van der Waals surface area contributed by atoms with E-state index < -0.39 is 5.97 Å². The highest BCUT2D eigenvalue weighted by Gasteiger charge is 2.34.